The van der Waals surface area contributed by atoms with Crippen LogP contribution in [0.1, 0.15) is 39.4 Å². The van der Waals surface area contributed by atoms with E-state index in [0.717, 1.165) is 16.2 Å². The van der Waals surface area contributed by atoms with Crippen LogP contribution in [0.2, 0.25) is 0 Å². The Morgan fingerprint density at radius 1 is 1.11 bits per heavy atom. The lowest BCUT2D eigenvalue weighted by Crippen LogP contribution is -2.05. The summed E-state index contributed by atoms with van der Waals surface area (Å²) in [5.41, 5.74) is 1.50. The van der Waals surface area contributed by atoms with Gasteiger partial charge in [0.2, 0.25) is 0 Å². The Kier molecular flexibility index (Phi) is 6.42. The number of nitrogens with zero attached hydrogens (tertiary/aromatic N) is 1. The number of nitro groups is 1. The third kappa shape index (κ3) is 5.05. The predicted octanol–water partition coefficient (Wildman–Crippen LogP) is 6.33. The molecule has 4 nitrogen and oxygen atoms in total. The molecular weight excluding hydrogens is 378 g/mol. The van der Waals surface area contributed by atoms with E-state index in [-0.39, 0.29) is 23.1 Å². The standard InChI is InChI=1S/C21H19NO3S2/c1-2-18-11-12-21(26-18)27-20(14-19(23)15-7-4-3-5-8-15)16-9-6-10-17(13-16)22(24)25/h3-13,20H,2,14H2,1H3/t20-/m1/s1. The first-order chi connectivity index (χ1) is 13.1. The zero-order valence-electron chi connectivity index (χ0n) is 14.8. The lowest BCUT2D eigenvalue weighted by molar-refractivity contribution is -0.384. The normalized spacial score (nSPS) is 11.9. The Balaban J connectivity index is 1.89. The van der Waals surface area contributed by atoms with Crippen LogP contribution in [0.25, 0.3) is 0 Å². The fraction of sp³-hybridized carbons (Fsp3) is 0.190. The molecule has 3 rings (SSSR count). The molecular formula is C21H19NO3S2. The van der Waals surface area contributed by atoms with Gasteiger partial charge in [-0.1, -0.05) is 49.4 Å². The molecule has 0 aliphatic carbocycles. The number of thioether (sulfide) groups is 1. The van der Waals surface area contributed by atoms with Crippen molar-refractivity contribution in [2.24, 2.45) is 0 Å². The lowest BCUT2D eigenvalue weighted by Gasteiger charge is -2.15. The molecule has 3 aromatic rings. The zero-order valence-corrected chi connectivity index (χ0v) is 16.5. The molecule has 0 unspecified atom stereocenters. The molecule has 0 aliphatic heterocycles. The highest BCUT2D eigenvalue weighted by Crippen LogP contribution is 2.42. The topological polar surface area (TPSA) is 60.2 Å². The van der Waals surface area contributed by atoms with Gasteiger partial charge in [-0.15, -0.1) is 23.1 Å². The zero-order chi connectivity index (χ0) is 19.2. The number of Topliss-reactive ketones (excluding diaryl/α,β-unsaturated/α-hetero) is 1. The maximum Gasteiger partial charge on any atom is 0.269 e. The van der Waals surface area contributed by atoms with Crippen molar-refractivity contribution in [3.8, 4) is 0 Å². The van der Waals surface area contributed by atoms with Gasteiger partial charge >= 0.3 is 0 Å². The third-order valence-corrected chi connectivity index (χ3v) is 6.82. The first-order valence-electron chi connectivity index (χ1n) is 8.64. The van der Waals surface area contributed by atoms with E-state index in [1.807, 2.05) is 24.3 Å². The second-order valence-corrected chi connectivity index (χ2v) is 8.70. The molecule has 0 N–H and O–H groups in total. The summed E-state index contributed by atoms with van der Waals surface area (Å²) in [6.45, 7) is 2.11. The summed E-state index contributed by atoms with van der Waals surface area (Å²) in [4.78, 5) is 24.8. The molecule has 0 aliphatic rings. The van der Waals surface area contributed by atoms with E-state index in [4.69, 9.17) is 0 Å². The van der Waals surface area contributed by atoms with Crippen LogP contribution in [-0.2, 0) is 6.42 Å². The van der Waals surface area contributed by atoms with Gasteiger partial charge in [0.05, 0.1) is 9.13 Å². The number of carbonyl (C=O) groups is 1. The maximum absolute atomic E-state index is 12.8. The Hall–Kier alpha value is -2.44. The molecule has 0 amide bonds. The highest BCUT2D eigenvalue weighted by Gasteiger charge is 2.21. The fourth-order valence-electron chi connectivity index (χ4n) is 2.73. The van der Waals surface area contributed by atoms with Crippen molar-refractivity contribution in [3.63, 3.8) is 0 Å². The highest BCUT2D eigenvalue weighted by molar-refractivity contribution is 8.01. The summed E-state index contributed by atoms with van der Waals surface area (Å²) in [5, 5.41) is 11.0. The van der Waals surface area contributed by atoms with Crippen molar-refractivity contribution in [3.05, 3.63) is 92.8 Å². The van der Waals surface area contributed by atoms with E-state index >= 15 is 0 Å². The van der Waals surface area contributed by atoms with Crippen LogP contribution in [0.5, 0.6) is 0 Å². The minimum atomic E-state index is -0.398. The first kappa shape index (κ1) is 19.3. The van der Waals surface area contributed by atoms with Crippen molar-refractivity contribution in [1.29, 1.82) is 0 Å². The van der Waals surface area contributed by atoms with Crippen molar-refractivity contribution >= 4 is 34.6 Å². The van der Waals surface area contributed by atoms with E-state index in [1.165, 1.54) is 10.9 Å². The van der Waals surface area contributed by atoms with E-state index in [1.54, 1.807) is 47.4 Å². The molecule has 2 aromatic carbocycles. The summed E-state index contributed by atoms with van der Waals surface area (Å²) >= 11 is 3.30. The molecule has 0 bridgehead atoms. The van der Waals surface area contributed by atoms with Crippen LogP contribution >= 0.6 is 23.1 Å². The van der Waals surface area contributed by atoms with Gasteiger partial charge in [0, 0.05) is 34.2 Å². The summed E-state index contributed by atoms with van der Waals surface area (Å²) < 4.78 is 1.12. The Bertz CT molecular complexity index is 937. The molecule has 0 saturated carbocycles. The van der Waals surface area contributed by atoms with Gasteiger partial charge < -0.3 is 0 Å². The number of carbonyl (C=O) groups excluding carboxylic acids is 1. The van der Waals surface area contributed by atoms with Gasteiger partial charge in [-0.25, -0.2) is 0 Å². The van der Waals surface area contributed by atoms with E-state index in [2.05, 4.69) is 19.1 Å². The monoisotopic (exact) mass is 397 g/mol. The molecule has 0 saturated heterocycles. The first-order valence-corrected chi connectivity index (χ1v) is 10.3. The molecule has 0 fully saturated rings. The van der Waals surface area contributed by atoms with Crippen LogP contribution in [0, 0.1) is 10.1 Å². The van der Waals surface area contributed by atoms with Gasteiger partial charge in [-0.2, -0.15) is 0 Å². The molecule has 0 radical (unpaired) electrons. The van der Waals surface area contributed by atoms with E-state index in [9.17, 15) is 14.9 Å². The summed E-state index contributed by atoms with van der Waals surface area (Å²) in [5.74, 6) is 0.0341. The summed E-state index contributed by atoms with van der Waals surface area (Å²) in [7, 11) is 0. The molecule has 6 heteroatoms. The minimum Gasteiger partial charge on any atom is -0.294 e. The number of hydrogen-bond donors (Lipinski definition) is 0. The molecule has 1 atom stereocenters. The lowest BCUT2D eigenvalue weighted by atomic mass is 10.0. The second-order valence-electron chi connectivity index (χ2n) is 6.03. The molecule has 138 valence electrons. The van der Waals surface area contributed by atoms with Crippen LogP contribution < -0.4 is 0 Å². The van der Waals surface area contributed by atoms with Gasteiger partial charge in [0.15, 0.2) is 5.78 Å². The van der Waals surface area contributed by atoms with E-state index < -0.39 is 4.92 Å². The number of thiophene rings is 1. The summed E-state index contributed by atoms with van der Waals surface area (Å²) in [6, 6.07) is 19.9. The smallest absolute Gasteiger partial charge is 0.269 e. The van der Waals surface area contributed by atoms with Gasteiger partial charge in [0.1, 0.15) is 0 Å². The Labute approximate surface area is 166 Å². The molecule has 27 heavy (non-hydrogen) atoms. The number of benzene rings is 2. The number of ketones is 1. The number of nitro benzene ring substituents is 1. The molecule has 0 spiro atoms. The number of non-ortho nitro benzene ring substituents is 1. The van der Waals surface area contributed by atoms with Gasteiger partial charge in [-0.3, -0.25) is 14.9 Å². The van der Waals surface area contributed by atoms with E-state index in [0.29, 0.717) is 5.56 Å². The molecule has 1 aromatic heterocycles. The average molecular weight is 398 g/mol. The maximum atomic E-state index is 12.8. The predicted molar refractivity (Wildman–Crippen MR) is 111 cm³/mol. The quantitative estimate of drug-likeness (QED) is 0.193. The number of rotatable bonds is 8. The highest BCUT2D eigenvalue weighted by atomic mass is 32.2. The van der Waals surface area contributed by atoms with Crippen molar-refractivity contribution in [2.75, 3.05) is 0 Å². The fourth-order valence-corrected chi connectivity index (χ4v) is 5.21. The average Bonchev–Trinajstić information content (AvgIpc) is 3.16. The van der Waals surface area contributed by atoms with Crippen LogP contribution in [0.4, 0.5) is 5.69 Å². The van der Waals surface area contributed by atoms with Crippen molar-refractivity contribution < 1.29 is 9.72 Å². The van der Waals surface area contributed by atoms with Crippen LogP contribution in [0.15, 0.2) is 70.9 Å². The Morgan fingerprint density at radius 2 is 1.89 bits per heavy atom. The number of aryl methyl sites for hydroxylation is 1. The third-order valence-electron chi connectivity index (χ3n) is 4.16. The molecule has 1 heterocycles. The second kappa shape index (κ2) is 8.97. The minimum absolute atomic E-state index is 0.0341. The van der Waals surface area contributed by atoms with Gasteiger partial charge in [-0.05, 0) is 24.1 Å². The van der Waals surface area contributed by atoms with Crippen molar-refractivity contribution in [1.82, 2.24) is 0 Å². The summed E-state index contributed by atoms with van der Waals surface area (Å²) in [6.07, 6.45) is 1.25. The van der Waals surface area contributed by atoms with Gasteiger partial charge in [0.25, 0.3) is 5.69 Å². The SMILES string of the molecule is CCc1ccc(S[C@H](CC(=O)c2ccccc2)c2cccc([N+](=O)[O-])c2)s1. The van der Waals surface area contributed by atoms with Crippen molar-refractivity contribution in [2.45, 2.75) is 29.2 Å². The Morgan fingerprint density at radius 3 is 2.56 bits per heavy atom. The number of hydrogen-bond acceptors (Lipinski definition) is 5. The van der Waals surface area contributed by atoms with Crippen LogP contribution in [0.3, 0.4) is 0 Å². The largest absolute Gasteiger partial charge is 0.294 e. The van der Waals surface area contributed by atoms with Crippen LogP contribution in [-0.4, -0.2) is 10.7 Å².